The van der Waals surface area contributed by atoms with Crippen LogP contribution < -0.4 is 10.1 Å². The quantitative estimate of drug-likeness (QED) is 0.896. The number of rotatable bonds is 3. The highest BCUT2D eigenvalue weighted by Gasteiger charge is 2.35. The van der Waals surface area contributed by atoms with E-state index >= 15 is 0 Å². The molecule has 0 aromatic heterocycles. The highest BCUT2D eigenvalue weighted by Crippen LogP contribution is 2.24. The van der Waals surface area contributed by atoms with E-state index in [9.17, 15) is 22.8 Å². The number of carbonyl (C=O) groups is 2. The molecule has 0 aliphatic carbocycles. The predicted molar refractivity (Wildman–Crippen MR) is 64.8 cm³/mol. The average Bonchev–Trinajstić information content (AvgIpc) is 2.27. The van der Waals surface area contributed by atoms with Crippen molar-refractivity contribution in [3.8, 4) is 5.75 Å². The summed E-state index contributed by atoms with van der Waals surface area (Å²) in [5.41, 5.74) is 0.285. The lowest BCUT2D eigenvalue weighted by atomic mass is 10.0. The first kappa shape index (κ1) is 14.9. The Morgan fingerprint density at radius 1 is 1.24 bits per heavy atom. The number of nitrogens with zero attached hydrogens (tertiary/aromatic N) is 1. The number of aliphatic carboxylic acids is 1. The van der Waals surface area contributed by atoms with Crippen LogP contribution >= 0.6 is 0 Å². The molecule has 1 aromatic carbocycles. The van der Waals surface area contributed by atoms with Crippen LogP contribution in [-0.2, 0) is 4.79 Å². The third-order valence-corrected chi connectivity index (χ3v) is 2.86. The Morgan fingerprint density at radius 2 is 1.81 bits per heavy atom. The summed E-state index contributed by atoms with van der Waals surface area (Å²) in [5.74, 6) is -1.93. The zero-order valence-corrected chi connectivity index (χ0v) is 10.6. The van der Waals surface area contributed by atoms with Crippen molar-refractivity contribution in [2.75, 3.05) is 18.4 Å². The molecule has 1 heterocycles. The summed E-state index contributed by atoms with van der Waals surface area (Å²) in [5, 5.41) is 11.1. The Kier molecular flexibility index (Phi) is 3.92. The number of hydrogen-bond acceptors (Lipinski definition) is 3. The standard InChI is InChI=1S/C12H11F3N2O4/c13-12(14,15)21-9-3-1-8(2-4-9)16-11(20)17-5-7(6-17)10(18)19/h1-4,7H,5-6H2,(H,16,20)(H,18,19). The van der Waals surface area contributed by atoms with Gasteiger partial charge in [0.15, 0.2) is 0 Å². The summed E-state index contributed by atoms with van der Waals surface area (Å²) >= 11 is 0. The minimum absolute atomic E-state index is 0.108. The summed E-state index contributed by atoms with van der Waals surface area (Å²) in [7, 11) is 0. The molecule has 1 aliphatic heterocycles. The molecule has 114 valence electrons. The molecule has 1 aliphatic rings. The van der Waals surface area contributed by atoms with E-state index in [1.165, 1.54) is 17.0 Å². The molecule has 21 heavy (non-hydrogen) atoms. The number of carbonyl (C=O) groups excluding carboxylic acids is 1. The van der Waals surface area contributed by atoms with E-state index < -0.39 is 30.0 Å². The van der Waals surface area contributed by atoms with Crippen LogP contribution in [-0.4, -0.2) is 41.5 Å². The van der Waals surface area contributed by atoms with Crippen LogP contribution in [0.5, 0.6) is 5.75 Å². The van der Waals surface area contributed by atoms with E-state index in [-0.39, 0.29) is 18.8 Å². The molecule has 9 heteroatoms. The Balaban J connectivity index is 1.86. The maximum Gasteiger partial charge on any atom is 0.573 e. The van der Waals surface area contributed by atoms with E-state index in [0.717, 1.165) is 12.1 Å². The van der Waals surface area contributed by atoms with Gasteiger partial charge in [-0.1, -0.05) is 0 Å². The second-order valence-electron chi connectivity index (χ2n) is 4.44. The number of nitrogens with one attached hydrogen (secondary N) is 1. The summed E-state index contributed by atoms with van der Waals surface area (Å²) in [4.78, 5) is 23.6. The van der Waals surface area contributed by atoms with Gasteiger partial charge in [0, 0.05) is 18.8 Å². The van der Waals surface area contributed by atoms with Crippen molar-refractivity contribution in [2.24, 2.45) is 5.92 Å². The smallest absolute Gasteiger partial charge is 0.481 e. The fourth-order valence-electron chi connectivity index (χ4n) is 1.74. The number of likely N-dealkylation sites (tertiary alicyclic amines) is 1. The number of benzene rings is 1. The van der Waals surface area contributed by atoms with E-state index in [4.69, 9.17) is 5.11 Å². The molecular weight excluding hydrogens is 293 g/mol. The number of alkyl halides is 3. The van der Waals surface area contributed by atoms with Gasteiger partial charge in [-0.15, -0.1) is 13.2 Å². The molecule has 0 bridgehead atoms. The third-order valence-electron chi connectivity index (χ3n) is 2.86. The topological polar surface area (TPSA) is 78.9 Å². The molecule has 0 unspecified atom stereocenters. The van der Waals surface area contributed by atoms with Gasteiger partial charge in [-0.05, 0) is 24.3 Å². The van der Waals surface area contributed by atoms with Crippen LogP contribution in [0, 0.1) is 5.92 Å². The molecule has 2 N–H and O–H groups in total. The van der Waals surface area contributed by atoms with Gasteiger partial charge in [0.2, 0.25) is 0 Å². The van der Waals surface area contributed by atoms with Gasteiger partial charge in [0.25, 0.3) is 0 Å². The lowest BCUT2D eigenvalue weighted by molar-refractivity contribution is -0.274. The van der Waals surface area contributed by atoms with Crippen LogP contribution in [0.4, 0.5) is 23.7 Å². The van der Waals surface area contributed by atoms with Gasteiger partial charge in [0.1, 0.15) is 5.75 Å². The summed E-state index contributed by atoms with van der Waals surface area (Å²) < 4.78 is 39.6. The van der Waals surface area contributed by atoms with Gasteiger partial charge in [0.05, 0.1) is 5.92 Å². The van der Waals surface area contributed by atoms with Crippen LogP contribution in [0.1, 0.15) is 0 Å². The zero-order valence-electron chi connectivity index (χ0n) is 10.6. The van der Waals surface area contributed by atoms with Gasteiger partial charge in [-0.3, -0.25) is 4.79 Å². The second-order valence-corrected chi connectivity index (χ2v) is 4.44. The molecule has 1 aromatic rings. The number of hydrogen-bond donors (Lipinski definition) is 2. The monoisotopic (exact) mass is 304 g/mol. The highest BCUT2D eigenvalue weighted by atomic mass is 19.4. The SMILES string of the molecule is O=C(O)C1CN(C(=O)Nc2ccc(OC(F)(F)F)cc2)C1. The Bertz CT molecular complexity index is 538. The van der Waals surface area contributed by atoms with Crippen molar-refractivity contribution in [1.29, 1.82) is 0 Å². The zero-order chi connectivity index (χ0) is 15.6. The van der Waals surface area contributed by atoms with Gasteiger partial charge in [-0.2, -0.15) is 0 Å². The number of urea groups is 1. The van der Waals surface area contributed by atoms with Crippen LogP contribution in [0.3, 0.4) is 0 Å². The third kappa shape index (κ3) is 4.01. The summed E-state index contributed by atoms with van der Waals surface area (Å²) in [6.45, 7) is 0.215. The fraction of sp³-hybridized carbons (Fsp3) is 0.333. The van der Waals surface area contributed by atoms with Crippen LogP contribution in [0.2, 0.25) is 0 Å². The largest absolute Gasteiger partial charge is 0.573 e. The molecule has 0 saturated carbocycles. The molecule has 1 saturated heterocycles. The van der Waals surface area contributed by atoms with Crippen molar-refractivity contribution in [3.63, 3.8) is 0 Å². The number of carboxylic acids is 1. The first-order valence-corrected chi connectivity index (χ1v) is 5.89. The molecule has 0 spiro atoms. The Morgan fingerprint density at radius 3 is 2.29 bits per heavy atom. The number of amides is 2. The highest BCUT2D eigenvalue weighted by molar-refractivity contribution is 5.91. The molecule has 0 radical (unpaired) electrons. The first-order valence-electron chi connectivity index (χ1n) is 5.89. The summed E-state index contributed by atoms with van der Waals surface area (Å²) in [6, 6.07) is 4.15. The molecule has 6 nitrogen and oxygen atoms in total. The Hall–Kier alpha value is -2.45. The fourth-order valence-corrected chi connectivity index (χ4v) is 1.74. The molecular formula is C12H11F3N2O4. The van der Waals surface area contributed by atoms with Crippen molar-refractivity contribution in [3.05, 3.63) is 24.3 Å². The molecule has 2 rings (SSSR count). The maximum absolute atomic E-state index is 12.0. The van der Waals surface area contributed by atoms with E-state index in [1.807, 2.05) is 0 Å². The minimum atomic E-state index is -4.77. The van der Waals surface area contributed by atoms with Gasteiger partial charge < -0.3 is 20.1 Å². The number of halogens is 3. The van der Waals surface area contributed by atoms with E-state index in [0.29, 0.717) is 0 Å². The second kappa shape index (κ2) is 5.51. The maximum atomic E-state index is 12.0. The average molecular weight is 304 g/mol. The number of anilines is 1. The van der Waals surface area contributed by atoms with E-state index in [2.05, 4.69) is 10.1 Å². The van der Waals surface area contributed by atoms with Crippen LogP contribution in [0.25, 0.3) is 0 Å². The van der Waals surface area contributed by atoms with Crippen LogP contribution in [0.15, 0.2) is 24.3 Å². The predicted octanol–water partition coefficient (Wildman–Crippen LogP) is 2.13. The van der Waals surface area contributed by atoms with E-state index in [1.54, 1.807) is 0 Å². The minimum Gasteiger partial charge on any atom is -0.481 e. The van der Waals surface area contributed by atoms with Crippen molar-refractivity contribution in [2.45, 2.75) is 6.36 Å². The normalized spacial score (nSPS) is 15.3. The summed E-state index contributed by atoms with van der Waals surface area (Å²) in [6.07, 6.45) is -4.77. The van der Waals surface area contributed by atoms with Gasteiger partial charge in [-0.25, -0.2) is 4.79 Å². The number of ether oxygens (including phenoxy) is 1. The Labute approximate surface area is 117 Å². The first-order chi connectivity index (χ1) is 9.74. The number of carboxylic acid groups (broad SMARTS) is 1. The molecule has 0 atom stereocenters. The lowest BCUT2D eigenvalue weighted by Gasteiger charge is -2.36. The van der Waals surface area contributed by atoms with Gasteiger partial charge >= 0.3 is 18.4 Å². The lowest BCUT2D eigenvalue weighted by Crippen LogP contribution is -2.54. The molecule has 2 amide bonds. The van der Waals surface area contributed by atoms with Crippen molar-refractivity contribution < 1.29 is 32.6 Å². The molecule has 1 fully saturated rings. The van der Waals surface area contributed by atoms with Crippen molar-refractivity contribution in [1.82, 2.24) is 4.90 Å². The van der Waals surface area contributed by atoms with Crippen molar-refractivity contribution >= 4 is 17.7 Å².